The molecule has 2 aromatic heterocycles. The molecule has 0 saturated carbocycles. The largest absolute Gasteiger partial charge is 0.469 e. The number of hydrogen-bond donors (Lipinski definition) is 2. The summed E-state index contributed by atoms with van der Waals surface area (Å²) in [5.41, 5.74) is 1.77. The lowest BCUT2D eigenvalue weighted by atomic mass is 9.93. The minimum atomic E-state index is -0.291. The van der Waals surface area contributed by atoms with Crippen molar-refractivity contribution in [3.63, 3.8) is 0 Å². The Hall–Kier alpha value is -2.41. The summed E-state index contributed by atoms with van der Waals surface area (Å²) in [5.74, 6) is 1.41. The molecule has 2 aromatic rings. The van der Waals surface area contributed by atoms with Crippen LogP contribution < -0.4 is 10.6 Å². The summed E-state index contributed by atoms with van der Waals surface area (Å²) >= 11 is 0. The Balaban J connectivity index is 1.63. The van der Waals surface area contributed by atoms with Gasteiger partial charge in [0.1, 0.15) is 17.9 Å². The van der Waals surface area contributed by atoms with Gasteiger partial charge in [0.25, 0.3) is 0 Å². The highest BCUT2D eigenvalue weighted by Gasteiger charge is 2.24. The molecule has 3 rings (SSSR count). The molecule has 0 aliphatic heterocycles. The number of urea groups is 1. The number of anilines is 1. The molecule has 7 nitrogen and oxygen atoms in total. The quantitative estimate of drug-likeness (QED) is 0.905. The van der Waals surface area contributed by atoms with Crippen LogP contribution in [0.15, 0.2) is 29.1 Å². The van der Waals surface area contributed by atoms with E-state index in [0.29, 0.717) is 18.1 Å². The second-order valence-corrected chi connectivity index (χ2v) is 5.17. The van der Waals surface area contributed by atoms with Crippen LogP contribution in [0.2, 0.25) is 0 Å². The number of ether oxygens (including phenoxy) is 1. The number of hydrogen-bond acceptors (Lipinski definition) is 5. The minimum absolute atomic E-state index is 0.0252. The Labute approximate surface area is 128 Å². The van der Waals surface area contributed by atoms with Gasteiger partial charge < -0.3 is 14.5 Å². The fourth-order valence-corrected chi connectivity index (χ4v) is 2.64. The molecular weight excluding hydrogens is 284 g/mol. The monoisotopic (exact) mass is 302 g/mol. The van der Waals surface area contributed by atoms with E-state index in [9.17, 15) is 4.79 Å². The van der Waals surface area contributed by atoms with Crippen LogP contribution in [-0.4, -0.2) is 23.1 Å². The van der Waals surface area contributed by atoms with Crippen LogP contribution in [0.3, 0.4) is 0 Å². The number of carbonyl (C=O) groups excluding carboxylic acids is 1. The fourth-order valence-electron chi connectivity index (χ4n) is 2.64. The van der Waals surface area contributed by atoms with Crippen molar-refractivity contribution in [3.8, 4) is 0 Å². The van der Waals surface area contributed by atoms with Gasteiger partial charge in [-0.25, -0.2) is 14.8 Å². The fraction of sp³-hybridized carbons (Fsp3) is 0.400. The summed E-state index contributed by atoms with van der Waals surface area (Å²) in [6, 6.07) is 3.29. The predicted molar refractivity (Wildman–Crippen MR) is 79.3 cm³/mol. The molecule has 0 radical (unpaired) electrons. The van der Waals surface area contributed by atoms with Gasteiger partial charge >= 0.3 is 6.03 Å². The van der Waals surface area contributed by atoms with Gasteiger partial charge in [0.05, 0.1) is 24.6 Å². The normalized spacial score (nSPS) is 16.9. The Morgan fingerprint density at radius 2 is 2.41 bits per heavy atom. The second kappa shape index (κ2) is 6.57. The van der Waals surface area contributed by atoms with E-state index in [1.54, 1.807) is 19.4 Å². The second-order valence-electron chi connectivity index (χ2n) is 5.17. The number of aryl methyl sites for hydroxylation is 1. The topological polar surface area (TPSA) is 89.3 Å². The molecule has 0 saturated heterocycles. The first-order chi connectivity index (χ1) is 10.8. The number of fused-ring (bicyclic) bond motifs is 1. The van der Waals surface area contributed by atoms with Crippen molar-refractivity contribution < 1.29 is 13.9 Å². The molecule has 0 aromatic carbocycles. The van der Waals surface area contributed by atoms with E-state index in [1.165, 1.54) is 6.33 Å². The van der Waals surface area contributed by atoms with Gasteiger partial charge in [-0.05, 0) is 18.9 Å². The third-order valence-electron chi connectivity index (χ3n) is 3.61. The van der Waals surface area contributed by atoms with Crippen molar-refractivity contribution in [1.82, 2.24) is 15.3 Å². The van der Waals surface area contributed by atoms with E-state index in [2.05, 4.69) is 20.6 Å². The highest BCUT2D eigenvalue weighted by atomic mass is 16.5. The standard InChI is InChI=1S/C15H18N4O3/c1-21-8-10-7-14(17-9-16-10)19-15(20)18-12-3-2-4-13-11(12)5-6-22-13/h5-7,9,12H,2-4,8H2,1H3,(H2,16,17,18,19,20). The van der Waals surface area contributed by atoms with Crippen LogP contribution in [0.4, 0.5) is 10.6 Å². The van der Waals surface area contributed by atoms with Crippen molar-refractivity contribution in [2.75, 3.05) is 12.4 Å². The van der Waals surface area contributed by atoms with Gasteiger partial charge in [-0.1, -0.05) is 0 Å². The van der Waals surface area contributed by atoms with E-state index in [4.69, 9.17) is 9.15 Å². The Bertz CT molecular complexity index is 656. The highest BCUT2D eigenvalue weighted by molar-refractivity contribution is 5.88. The molecule has 1 aliphatic rings. The van der Waals surface area contributed by atoms with Gasteiger partial charge in [0.15, 0.2) is 0 Å². The number of nitrogens with one attached hydrogen (secondary N) is 2. The summed E-state index contributed by atoms with van der Waals surface area (Å²) < 4.78 is 10.4. The zero-order valence-electron chi connectivity index (χ0n) is 12.3. The lowest BCUT2D eigenvalue weighted by molar-refractivity contribution is 0.181. The van der Waals surface area contributed by atoms with Crippen molar-refractivity contribution in [3.05, 3.63) is 41.7 Å². The molecule has 0 fully saturated rings. The number of aromatic nitrogens is 2. The summed E-state index contributed by atoms with van der Waals surface area (Å²) in [6.45, 7) is 0.375. The third-order valence-corrected chi connectivity index (χ3v) is 3.61. The molecular formula is C15H18N4O3. The minimum Gasteiger partial charge on any atom is -0.469 e. The number of nitrogens with zero attached hydrogens (tertiary/aromatic N) is 2. The zero-order valence-corrected chi connectivity index (χ0v) is 12.3. The molecule has 1 atom stereocenters. The molecule has 22 heavy (non-hydrogen) atoms. The molecule has 0 bridgehead atoms. The first-order valence-corrected chi connectivity index (χ1v) is 7.20. The third kappa shape index (κ3) is 3.25. The maximum absolute atomic E-state index is 12.1. The van der Waals surface area contributed by atoms with Crippen molar-refractivity contribution in [2.45, 2.75) is 31.9 Å². The molecule has 0 spiro atoms. The number of furan rings is 1. The predicted octanol–water partition coefficient (Wildman–Crippen LogP) is 2.42. The lowest BCUT2D eigenvalue weighted by Gasteiger charge is -2.22. The summed E-state index contributed by atoms with van der Waals surface area (Å²) in [6.07, 6.45) is 5.90. The van der Waals surface area contributed by atoms with Gasteiger partial charge in [-0.3, -0.25) is 5.32 Å². The number of carbonyl (C=O) groups is 1. The van der Waals surface area contributed by atoms with Gasteiger partial charge in [0, 0.05) is 25.2 Å². The van der Waals surface area contributed by atoms with Gasteiger partial charge in [0.2, 0.25) is 0 Å². The van der Waals surface area contributed by atoms with E-state index in [-0.39, 0.29) is 12.1 Å². The molecule has 1 aliphatic carbocycles. The van der Waals surface area contributed by atoms with Crippen molar-refractivity contribution in [2.24, 2.45) is 0 Å². The van der Waals surface area contributed by atoms with Crippen molar-refractivity contribution in [1.29, 1.82) is 0 Å². The summed E-state index contributed by atoms with van der Waals surface area (Å²) in [4.78, 5) is 20.2. The maximum atomic E-state index is 12.1. The Kier molecular flexibility index (Phi) is 4.34. The van der Waals surface area contributed by atoms with Crippen LogP contribution in [-0.2, 0) is 17.8 Å². The maximum Gasteiger partial charge on any atom is 0.320 e. The van der Waals surface area contributed by atoms with Crippen LogP contribution in [0.25, 0.3) is 0 Å². The molecule has 116 valence electrons. The lowest BCUT2D eigenvalue weighted by Crippen LogP contribution is -2.34. The smallest absolute Gasteiger partial charge is 0.320 e. The highest BCUT2D eigenvalue weighted by Crippen LogP contribution is 2.30. The summed E-state index contributed by atoms with van der Waals surface area (Å²) in [5, 5.41) is 5.68. The van der Waals surface area contributed by atoms with Crippen LogP contribution in [0.1, 0.15) is 35.9 Å². The van der Waals surface area contributed by atoms with E-state index in [1.807, 2.05) is 6.07 Å². The van der Waals surface area contributed by atoms with Crippen molar-refractivity contribution >= 4 is 11.8 Å². The van der Waals surface area contributed by atoms with Gasteiger partial charge in [-0.2, -0.15) is 0 Å². The van der Waals surface area contributed by atoms with Crippen LogP contribution >= 0.6 is 0 Å². The van der Waals surface area contributed by atoms with E-state index in [0.717, 1.165) is 30.6 Å². The first-order valence-electron chi connectivity index (χ1n) is 7.20. The SMILES string of the molecule is COCc1cc(NC(=O)NC2CCCc3occc32)ncn1. The zero-order chi connectivity index (χ0) is 15.4. The molecule has 2 heterocycles. The van der Waals surface area contributed by atoms with Crippen LogP contribution in [0.5, 0.6) is 0 Å². The van der Waals surface area contributed by atoms with E-state index >= 15 is 0 Å². The number of rotatable bonds is 4. The first kappa shape index (κ1) is 14.5. The van der Waals surface area contributed by atoms with Gasteiger partial charge in [-0.15, -0.1) is 0 Å². The molecule has 7 heteroatoms. The molecule has 2 amide bonds. The molecule has 2 N–H and O–H groups in total. The Morgan fingerprint density at radius 1 is 1.50 bits per heavy atom. The Morgan fingerprint density at radius 3 is 3.27 bits per heavy atom. The van der Waals surface area contributed by atoms with Crippen LogP contribution in [0, 0.1) is 0 Å². The average molecular weight is 302 g/mol. The number of methoxy groups -OCH3 is 1. The van der Waals surface area contributed by atoms with E-state index < -0.39 is 0 Å². The molecule has 1 unspecified atom stereocenters. The summed E-state index contributed by atoms with van der Waals surface area (Å²) in [7, 11) is 1.59. The number of amides is 2. The average Bonchev–Trinajstić information content (AvgIpc) is 2.97.